The molecule has 2 N–H and O–H groups in total. The van der Waals surface area contributed by atoms with Crippen molar-refractivity contribution < 1.29 is 14.6 Å². The van der Waals surface area contributed by atoms with Crippen molar-refractivity contribution in [2.75, 3.05) is 7.11 Å². The maximum Gasteiger partial charge on any atom is 0.253 e. The first-order chi connectivity index (χ1) is 10.6. The quantitative estimate of drug-likeness (QED) is 0.883. The Bertz CT molecular complexity index is 690. The normalized spacial score (nSPS) is 11.3. The van der Waals surface area contributed by atoms with Gasteiger partial charge in [-0.15, -0.1) is 0 Å². The molecular formula is C17H16N2O3. The number of benzene rings is 2. The van der Waals surface area contributed by atoms with Crippen molar-refractivity contribution in [3.63, 3.8) is 0 Å². The Kier molecular flexibility index (Phi) is 5.12. The van der Waals surface area contributed by atoms with Crippen molar-refractivity contribution >= 4 is 5.91 Å². The van der Waals surface area contributed by atoms with Crippen LogP contribution >= 0.6 is 0 Å². The van der Waals surface area contributed by atoms with E-state index in [0.717, 1.165) is 5.56 Å². The number of aliphatic hydroxyl groups excluding tert-OH is 1. The highest BCUT2D eigenvalue weighted by Gasteiger charge is 2.17. The van der Waals surface area contributed by atoms with Crippen LogP contribution in [0.5, 0.6) is 5.75 Å². The lowest BCUT2D eigenvalue weighted by molar-refractivity contribution is -0.129. The van der Waals surface area contributed by atoms with Crippen LogP contribution < -0.4 is 10.1 Å². The highest BCUT2D eigenvalue weighted by atomic mass is 16.5. The van der Waals surface area contributed by atoms with Crippen LogP contribution in [0.3, 0.4) is 0 Å². The second-order valence-electron chi connectivity index (χ2n) is 4.71. The fraction of sp³-hybridized carbons (Fsp3) is 0.176. The van der Waals surface area contributed by atoms with E-state index < -0.39 is 12.0 Å². The molecule has 0 saturated carbocycles. The molecule has 2 aromatic carbocycles. The second-order valence-corrected chi connectivity index (χ2v) is 4.71. The van der Waals surface area contributed by atoms with Gasteiger partial charge in [0, 0.05) is 6.54 Å². The summed E-state index contributed by atoms with van der Waals surface area (Å²) in [5, 5.41) is 21.4. The summed E-state index contributed by atoms with van der Waals surface area (Å²) in [5.41, 5.74) is 1.88. The second kappa shape index (κ2) is 7.25. The van der Waals surface area contributed by atoms with Gasteiger partial charge >= 0.3 is 0 Å². The number of methoxy groups -OCH3 is 1. The molecule has 0 radical (unpaired) electrons. The van der Waals surface area contributed by atoms with Crippen molar-refractivity contribution in [3.8, 4) is 11.8 Å². The first-order valence-corrected chi connectivity index (χ1v) is 6.73. The predicted molar refractivity (Wildman–Crippen MR) is 81.0 cm³/mol. The number of amides is 1. The molecule has 0 saturated heterocycles. The molecule has 1 atom stereocenters. The number of nitriles is 1. The summed E-state index contributed by atoms with van der Waals surface area (Å²) in [6.45, 7) is 0.283. The highest BCUT2D eigenvalue weighted by molar-refractivity contribution is 5.82. The van der Waals surface area contributed by atoms with Gasteiger partial charge in [0.05, 0.1) is 18.7 Å². The summed E-state index contributed by atoms with van der Waals surface area (Å²) in [5.74, 6) is 0.0917. The van der Waals surface area contributed by atoms with Gasteiger partial charge in [0.2, 0.25) is 0 Å². The van der Waals surface area contributed by atoms with Crippen molar-refractivity contribution in [1.82, 2.24) is 5.32 Å². The van der Waals surface area contributed by atoms with Crippen molar-refractivity contribution in [2.45, 2.75) is 12.6 Å². The maximum absolute atomic E-state index is 12.0. The number of nitrogens with one attached hydrogen (secondary N) is 1. The molecule has 112 valence electrons. The molecular weight excluding hydrogens is 280 g/mol. The van der Waals surface area contributed by atoms with Gasteiger partial charge in [0.15, 0.2) is 6.10 Å². The predicted octanol–water partition coefficient (Wildman–Crippen LogP) is 1.92. The molecule has 1 amide bonds. The summed E-state index contributed by atoms with van der Waals surface area (Å²) < 4.78 is 5.07. The molecule has 5 heteroatoms. The van der Waals surface area contributed by atoms with E-state index >= 15 is 0 Å². The number of hydrogen-bond acceptors (Lipinski definition) is 4. The van der Waals surface area contributed by atoms with Gasteiger partial charge in [-0.2, -0.15) is 5.26 Å². The molecule has 22 heavy (non-hydrogen) atoms. The minimum Gasteiger partial charge on any atom is -0.497 e. The average molecular weight is 296 g/mol. The van der Waals surface area contributed by atoms with Crippen LogP contribution in [-0.2, 0) is 11.3 Å². The Morgan fingerprint density at radius 1 is 1.32 bits per heavy atom. The zero-order valence-electron chi connectivity index (χ0n) is 12.1. The summed E-state index contributed by atoms with van der Waals surface area (Å²) in [4.78, 5) is 12.0. The number of hydrogen-bond donors (Lipinski definition) is 2. The first-order valence-electron chi connectivity index (χ1n) is 6.73. The lowest BCUT2D eigenvalue weighted by atomic mass is 10.1. The summed E-state index contributed by atoms with van der Waals surface area (Å²) in [6.07, 6.45) is -1.26. The van der Waals surface area contributed by atoms with Gasteiger partial charge in [-0.05, 0) is 35.4 Å². The molecule has 5 nitrogen and oxygen atoms in total. The van der Waals surface area contributed by atoms with Crippen LogP contribution in [-0.4, -0.2) is 18.1 Å². The van der Waals surface area contributed by atoms with Crippen LogP contribution in [0.25, 0.3) is 0 Å². The number of carbonyl (C=O) groups is 1. The number of nitrogens with zero attached hydrogens (tertiary/aromatic N) is 1. The fourth-order valence-electron chi connectivity index (χ4n) is 1.95. The van der Waals surface area contributed by atoms with E-state index in [-0.39, 0.29) is 6.54 Å². The Morgan fingerprint density at radius 3 is 2.68 bits per heavy atom. The Labute approximate surface area is 128 Å². The molecule has 0 aliphatic carbocycles. The molecule has 2 aromatic rings. The third-order valence-electron chi connectivity index (χ3n) is 3.21. The summed E-state index contributed by atoms with van der Waals surface area (Å²) in [6, 6.07) is 15.6. The third kappa shape index (κ3) is 3.84. The van der Waals surface area contributed by atoms with Gasteiger partial charge in [-0.3, -0.25) is 4.79 Å². The van der Waals surface area contributed by atoms with E-state index in [9.17, 15) is 9.90 Å². The first kappa shape index (κ1) is 15.5. The number of rotatable bonds is 5. The largest absolute Gasteiger partial charge is 0.497 e. The van der Waals surface area contributed by atoms with Gasteiger partial charge in [0.25, 0.3) is 5.91 Å². The summed E-state index contributed by atoms with van der Waals surface area (Å²) in [7, 11) is 1.52. The fourth-order valence-corrected chi connectivity index (χ4v) is 1.95. The van der Waals surface area contributed by atoms with Crippen molar-refractivity contribution in [1.29, 1.82) is 5.26 Å². The molecule has 2 rings (SSSR count). The van der Waals surface area contributed by atoms with E-state index in [1.165, 1.54) is 7.11 Å². The monoisotopic (exact) mass is 296 g/mol. The maximum atomic E-state index is 12.0. The van der Waals surface area contributed by atoms with E-state index in [1.807, 2.05) is 6.07 Å². The van der Waals surface area contributed by atoms with Crippen LogP contribution in [0.4, 0.5) is 0 Å². The van der Waals surface area contributed by atoms with Gasteiger partial charge in [-0.1, -0.05) is 24.3 Å². The molecule has 0 aliphatic heterocycles. The molecule has 0 aliphatic rings. The number of ether oxygens (including phenoxy) is 1. The molecule has 0 spiro atoms. The summed E-state index contributed by atoms with van der Waals surface area (Å²) >= 11 is 0. The van der Waals surface area contributed by atoms with E-state index in [4.69, 9.17) is 10.00 Å². The van der Waals surface area contributed by atoms with E-state index in [0.29, 0.717) is 16.9 Å². The zero-order valence-corrected chi connectivity index (χ0v) is 12.1. The van der Waals surface area contributed by atoms with Crippen LogP contribution in [0.15, 0.2) is 48.5 Å². The lowest BCUT2D eigenvalue weighted by Gasteiger charge is -2.12. The smallest absolute Gasteiger partial charge is 0.253 e. The number of carbonyl (C=O) groups excluding carboxylic acids is 1. The van der Waals surface area contributed by atoms with Gasteiger partial charge in [0.1, 0.15) is 5.75 Å². The minimum atomic E-state index is -1.26. The van der Waals surface area contributed by atoms with Crippen LogP contribution in [0, 0.1) is 11.3 Å². The SMILES string of the molecule is COc1cccc(C(O)C(=O)NCc2ccc(C#N)cc2)c1. The Hall–Kier alpha value is -2.84. The highest BCUT2D eigenvalue weighted by Crippen LogP contribution is 2.19. The molecule has 0 bridgehead atoms. The molecule has 0 heterocycles. The minimum absolute atomic E-state index is 0.283. The molecule has 0 fully saturated rings. The molecule has 0 aromatic heterocycles. The Morgan fingerprint density at radius 2 is 2.05 bits per heavy atom. The van der Waals surface area contributed by atoms with Crippen LogP contribution in [0.1, 0.15) is 22.8 Å². The van der Waals surface area contributed by atoms with Crippen LogP contribution in [0.2, 0.25) is 0 Å². The van der Waals surface area contributed by atoms with Crippen molar-refractivity contribution in [3.05, 3.63) is 65.2 Å². The third-order valence-corrected chi connectivity index (χ3v) is 3.21. The number of aliphatic hydroxyl groups is 1. The van der Waals surface area contributed by atoms with Crippen molar-refractivity contribution in [2.24, 2.45) is 0 Å². The standard InChI is InChI=1S/C17H16N2O3/c1-22-15-4-2-3-14(9-15)16(20)17(21)19-11-13-7-5-12(10-18)6-8-13/h2-9,16,20H,11H2,1H3,(H,19,21). The Balaban J connectivity index is 1.97. The molecule has 1 unspecified atom stereocenters. The van der Waals surface area contributed by atoms with E-state index in [1.54, 1.807) is 48.5 Å². The van der Waals surface area contributed by atoms with E-state index in [2.05, 4.69) is 5.32 Å². The van der Waals surface area contributed by atoms with Gasteiger partial charge < -0.3 is 15.2 Å². The lowest BCUT2D eigenvalue weighted by Crippen LogP contribution is -2.28. The zero-order chi connectivity index (χ0) is 15.9. The van der Waals surface area contributed by atoms with Gasteiger partial charge in [-0.25, -0.2) is 0 Å². The topological polar surface area (TPSA) is 82.3 Å². The average Bonchev–Trinajstić information content (AvgIpc) is 2.59.